The normalized spacial score (nSPS) is 11.5. The van der Waals surface area contributed by atoms with Crippen LogP contribution in [0.2, 0.25) is 0 Å². The summed E-state index contributed by atoms with van der Waals surface area (Å²) in [5.74, 6) is 0. The van der Waals surface area contributed by atoms with Gasteiger partial charge in [-0.1, -0.05) is 38.8 Å². The van der Waals surface area contributed by atoms with Crippen LogP contribution in [0.4, 0.5) is 0 Å². The third kappa shape index (κ3) is 6.44. The van der Waals surface area contributed by atoms with Crippen LogP contribution in [0.3, 0.4) is 0 Å². The van der Waals surface area contributed by atoms with Gasteiger partial charge in [-0.25, -0.2) is 0 Å². The highest BCUT2D eigenvalue weighted by Crippen LogP contribution is 2.03. The fourth-order valence-corrected chi connectivity index (χ4v) is 1.10. The van der Waals surface area contributed by atoms with Crippen molar-refractivity contribution in [2.75, 3.05) is 6.54 Å². The zero-order valence-corrected chi connectivity index (χ0v) is 9.32. The van der Waals surface area contributed by atoms with Crippen LogP contribution in [-0.4, -0.2) is 6.54 Å². The van der Waals surface area contributed by atoms with E-state index in [-0.39, 0.29) is 0 Å². The molecule has 13 heavy (non-hydrogen) atoms. The van der Waals surface area contributed by atoms with Crippen molar-refractivity contribution in [3.8, 4) is 0 Å². The summed E-state index contributed by atoms with van der Waals surface area (Å²) < 4.78 is 0. The van der Waals surface area contributed by atoms with Gasteiger partial charge in [0.1, 0.15) is 0 Å². The Kier molecular flexibility index (Phi) is 7.47. The van der Waals surface area contributed by atoms with Gasteiger partial charge in [0.2, 0.25) is 0 Å². The molecule has 0 aromatic rings. The highest BCUT2D eigenvalue weighted by Gasteiger charge is 1.93. The zero-order valence-electron chi connectivity index (χ0n) is 9.32. The maximum Gasteiger partial charge on any atom is 0.0293 e. The van der Waals surface area contributed by atoms with Gasteiger partial charge in [0, 0.05) is 12.2 Å². The molecule has 0 atom stereocenters. The second-order valence-electron chi connectivity index (χ2n) is 3.44. The molecule has 1 N–H and O–H groups in total. The molecule has 0 aromatic carbocycles. The molecule has 0 amide bonds. The lowest BCUT2D eigenvalue weighted by Gasteiger charge is -2.09. The van der Waals surface area contributed by atoms with Crippen LogP contribution in [0.25, 0.3) is 0 Å². The van der Waals surface area contributed by atoms with E-state index in [4.69, 9.17) is 0 Å². The zero-order chi connectivity index (χ0) is 10.1. The van der Waals surface area contributed by atoms with Gasteiger partial charge in [0.05, 0.1) is 0 Å². The average molecular weight is 181 g/mol. The van der Waals surface area contributed by atoms with Crippen LogP contribution >= 0.6 is 0 Å². The number of hydrogen-bond acceptors (Lipinski definition) is 1. The standard InChI is InChI=1S/C12H23N/c1-5-7-8-9-10-13-12(4)11(3)6-2/h6,13H,4-5,7-10H2,1-3H3/b11-6-. The van der Waals surface area contributed by atoms with Gasteiger partial charge in [-0.3, -0.25) is 0 Å². The van der Waals surface area contributed by atoms with Crippen LogP contribution in [0.15, 0.2) is 23.9 Å². The number of nitrogens with one attached hydrogen (secondary N) is 1. The van der Waals surface area contributed by atoms with Crippen LogP contribution in [-0.2, 0) is 0 Å². The molecule has 0 heterocycles. The Bertz CT molecular complexity index is 168. The van der Waals surface area contributed by atoms with E-state index in [1.807, 2.05) is 6.92 Å². The minimum Gasteiger partial charge on any atom is -0.385 e. The lowest BCUT2D eigenvalue weighted by molar-refractivity contribution is 0.637. The van der Waals surface area contributed by atoms with E-state index in [9.17, 15) is 0 Å². The van der Waals surface area contributed by atoms with Gasteiger partial charge in [0.25, 0.3) is 0 Å². The van der Waals surface area contributed by atoms with Crippen molar-refractivity contribution < 1.29 is 0 Å². The summed E-state index contributed by atoms with van der Waals surface area (Å²) in [5.41, 5.74) is 2.31. The summed E-state index contributed by atoms with van der Waals surface area (Å²) in [4.78, 5) is 0. The first kappa shape index (κ1) is 12.3. The van der Waals surface area contributed by atoms with Crippen molar-refractivity contribution in [2.45, 2.75) is 46.5 Å². The molecular formula is C12H23N. The summed E-state index contributed by atoms with van der Waals surface area (Å²) in [7, 11) is 0. The highest BCUT2D eigenvalue weighted by atomic mass is 14.9. The van der Waals surface area contributed by atoms with E-state index in [2.05, 4.69) is 31.8 Å². The molecule has 0 bridgehead atoms. The first-order chi connectivity index (χ1) is 6.22. The third-order valence-electron chi connectivity index (χ3n) is 2.28. The Balaban J connectivity index is 3.38. The molecule has 0 saturated carbocycles. The van der Waals surface area contributed by atoms with Gasteiger partial charge >= 0.3 is 0 Å². The van der Waals surface area contributed by atoms with Crippen molar-refractivity contribution in [1.82, 2.24) is 5.32 Å². The Morgan fingerprint density at radius 1 is 1.31 bits per heavy atom. The molecule has 0 saturated heterocycles. The minimum atomic E-state index is 1.06. The molecule has 0 aliphatic heterocycles. The quantitative estimate of drug-likeness (QED) is 0.467. The fraction of sp³-hybridized carbons (Fsp3) is 0.667. The largest absolute Gasteiger partial charge is 0.385 e. The molecule has 1 nitrogen and oxygen atoms in total. The molecule has 0 aliphatic carbocycles. The average Bonchev–Trinajstić information content (AvgIpc) is 2.16. The van der Waals surface area contributed by atoms with E-state index in [1.165, 1.54) is 31.3 Å². The highest BCUT2D eigenvalue weighted by molar-refractivity contribution is 5.23. The first-order valence-corrected chi connectivity index (χ1v) is 5.28. The predicted octanol–water partition coefficient (Wildman–Crippen LogP) is 3.64. The minimum absolute atomic E-state index is 1.06. The molecule has 1 heteroatoms. The Morgan fingerprint density at radius 3 is 2.54 bits per heavy atom. The monoisotopic (exact) mass is 181 g/mol. The molecule has 0 fully saturated rings. The van der Waals surface area contributed by atoms with Crippen LogP contribution < -0.4 is 5.32 Å². The van der Waals surface area contributed by atoms with Crippen molar-refractivity contribution in [2.24, 2.45) is 0 Å². The van der Waals surface area contributed by atoms with Crippen molar-refractivity contribution in [3.63, 3.8) is 0 Å². The summed E-state index contributed by atoms with van der Waals surface area (Å²) >= 11 is 0. The Hall–Kier alpha value is -0.720. The fourth-order valence-electron chi connectivity index (χ4n) is 1.10. The molecule has 0 radical (unpaired) electrons. The van der Waals surface area contributed by atoms with Gasteiger partial charge in [0.15, 0.2) is 0 Å². The summed E-state index contributed by atoms with van der Waals surface area (Å²) in [6, 6.07) is 0. The lowest BCUT2D eigenvalue weighted by Crippen LogP contribution is -2.14. The molecule has 76 valence electrons. The SMILES string of the molecule is C=C(NCCCCCC)/C(C)=C\C. The maximum atomic E-state index is 3.96. The molecule has 0 rings (SSSR count). The van der Waals surface area contributed by atoms with Crippen molar-refractivity contribution in [1.29, 1.82) is 0 Å². The number of rotatable bonds is 7. The number of unbranched alkanes of at least 4 members (excludes halogenated alkanes) is 3. The second kappa shape index (κ2) is 7.90. The van der Waals surface area contributed by atoms with Crippen LogP contribution in [0.1, 0.15) is 46.5 Å². The summed E-state index contributed by atoms with van der Waals surface area (Å²) in [6.07, 6.45) is 7.31. The smallest absolute Gasteiger partial charge is 0.0293 e. The van der Waals surface area contributed by atoms with Gasteiger partial charge < -0.3 is 5.32 Å². The Labute approximate surface area is 82.9 Å². The second-order valence-corrected chi connectivity index (χ2v) is 3.44. The van der Waals surface area contributed by atoms with E-state index < -0.39 is 0 Å². The molecule has 0 aromatic heterocycles. The van der Waals surface area contributed by atoms with Crippen molar-refractivity contribution >= 4 is 0 Å². The van der Waals surface area contributed by atoms with E-state index in [0.717, 1.165) is 12.2 Å². The molecule has 0 aliphatic rings. The van der Waals surface area contributed by atoms with Crippen LogP contribution in [0.5, 0.6) is 0 Å². The lowest BCUT2D eigenvalue weighted by atomic mass is 10.2. The van der Waals surface area contributed by atoms with E-state index in [0.29, 0.717) is 0 Å². The topological polar surface area (TPSA) is 12.0 Å². The van der Waals surface area contributed by atoms with Gasteiger partial charge in [-0.05, 0) is 25.8 Å². The maximum absolute atomic E-state index is 3.96. The van der Waals surface area contributed by atoms with Crippen molar-refractivity contribution in [3.05, 3.63) is 23.9 Å². The third-order valence-corrected chi connectivity index (χ3v) is 2.28. The summed E-state index contributed by atoms with van der Waals surface area (Å²) in [6.45, 7) is 11.4. The number of hydrogen-bond donors (Lipinski definition) is 1. The molecule has 0 spiro atoms. The summed E-state index contributed by atoms with van der Waals surface area (Å²) in [5, 5.41) is 3.33. The van der Waals surface area contributed by atoms with E-state index in [1.54, 1.807) is 0 Å². The Morgan fingerprint density at radius 2 is 2.00 bits per heavy atom. The van der Waals surface area contributed by atoms with E-state index >= 15 is 0 Å². The van der Waals surface area contributed by atoms with Gasteiger partial charge in [-0.2, -0.15) is 0 Å². The molecule has 0 unspecified atom stereocenters. The first-order valence-electron chi connectivity index (χ1n) is 5.28. The number of allylic oxidation sites excluding steroid dienone is 2. The van der Waals surface area contributed by atoms with Gasteiger partial charge in [-0.15, -0.1) is 0 Å². The van der Waals surface area contributed by atoms with Crippen LogP contribution in [0, 0.1) is 0 Å². The predicted molar refractivity (Wildman–Crippen MR) is 60.7 cm³/mol. The molecular weight excluding hydrogens is 158 g/mol.